The summed E-state index contributed by atoms with van der Waals surface area (Å²) >= 11 is 1.53. The minimum atomic E-state index is -0.104. The van der Waals surface area contributed by atoms with Crippen LogP contribution in [0.1, 0.15) is 48.5 Å². The standard InChI is InChI=1S/C29H31N3O2S/c1-3-4-5-6-9-21-12-14-23(15-13-21)28(33)30-24-18-16-22(17-19-24)26-20-35-29(32-26)31-25-10-7-8-11-27(25)34-2/h7-8,10-20H,3-6,9H2,1-2H3,(H,30,33)(H,31,32). The second-order valence-corrected chi connectivity index (χ2v) is 9.26. The Morgan fingerprint density at radius 2 is 1.71 bits per heavy atom. The molecule has 0 spiro atoms. The number of hydrogen-bond acceptors (Lipinski definition) is 5. The number of para-hydroxylation sites is 2. The lowest BCUT2D eigenvalue weighted by molar-refractivity contribution is 0.102. The Hall–Kier alpha value is -3.64. The van der Waals surface area contributed by atoms with E-state index in [2.05, 4.69) is 29.7 Å². The van der Waals surface area contributed by atoms with Crippen molar-refractivity contribution in [3.8, 4) is 17.0 Å². The Labute approximate surface area is 211 Å². The predicted octanol–water partition coefficient (Wildman–Crippen LogP) is 7.94. The van der Waals surface area contributed by atoms with Crippen molar-refractivity contribution in [2.45, 2.75) is 39.0 Å². The SMILES string of the molecule is CCCCCCc1ccc(C(=O)Nc2ccc(-c3csc(Nc4ccccc4OC)n3)cc2)cc1. The summed E-state index contributed by atoms with van der Waals surface area (Å²) in [5.74, 6) is 0.665. The first-order valence-corrected chi connectivity index (χ1v) is 12.9. The van der Waals surface area contributed by atoms with E-state index in [4.69, 9.17) is 9.72 Å². The first-order chi connectivity index (χ1) is 17.2. The smallest absolute Gasteiger partial charge is 0.255 e. The number of hydrogen-bond donors (Lipinski definition) is 2. The number of nitrogens with zero attached hydrogens (tertiary/aromatic N) is 1. The largest absolute Gasteiger partial charge is 0.495 e. The van der Waals surface area contributed by atoms with Crippen molar-refractivity contribution in [3.63, 3.8) is 0 Å². The highest BCUT2D eigenvalue weighted by molar-refractivity contribution is 7.14. The second-order valence-electron chi connectivity index (χ2n) is 8.40. The van der Waals surface area contributed by atoms with Gasteiger partial charge in [0.15, 0.2) is 5.13 Å². The molecule has 1 heterocycles. The van der Waals surface area contributed by atoms with Gasteiger partial charge in [-0.1, -0.05) is 62.6 Å². The topological polar surface area (TPSA) is 63.2 Å². The molecule has 1 amide bonds. The quantitative estimate of drug-likeness (QED) is 0.212. The molecule has 0 bridgehead atoms. The van der Waals surface area contributed by atoms with Crippen molar-refractivity contribution in [1.29, 1.82) is 0 Å². The van der Waals surface area contributed by atoms with Crippen LogP contribution in [0.4, 0.5) is 16.5 Å². The maximum absolute atomic E-state index is 12.7. The van der Waals surface area contributed by atoms with Crippen LogP contribution in [0.25, 0.3) is 11.3 Å². The molecule has 5 nitrogen and oxygen atoms in total. The maximum atomic E-state index is 12.7. The van der Waals surface area contributed by atoms with Gasteiger partial charge in [0.1, 0.15) is 5.75 Å². The van der Waals surface area contributed by atoms with Gasteiger partial charge in [-0.2, -0.15) is 0 Å². The van der Waals surface area contributed by atoms with E-state index >= 15 is 0 Å². The van der Waals surface area contributed by atoms with E-state index in [0.29, 0.717) is 5.56 Å². The van der Waals surface area contributed by atoms with Gasteiger partial charge in [-0.15, -0.1) is 11.3 Å². The number of aromatic nitrogens is 1. The van der Waals surface area contributed by atoms with Gasteiger partial charge >= 0.3 is 0 Å². The van der Waals surface area contributed by atoms with E-state index in [1.54, 1.807) is 7.11 Å². The highest BCUT2D eigenvalue weighted by Crippen LogP contribution is 2.31. The highest BCUT2D eigenvalue weighted by Gasteiger charge is 2.09. The lowest BCUT2D eigenvalue weighted by atomic mass is 10.0. The number of carbonyl (C=O) groups is 1. The number of thiazole rings is 1. The second kappa shape index (κ2) is 12.2. The molecule has 0 saturated carbocycles. The molecule has 3 aromatic carbocycles. The number of aryl methyl sites for hydroxylation is 1. The molecule has 0 unspecified atom stereocenters. The van der Waals surface area contributed by atoms with Crippen LogP contribution in [0.2, 0.25) is 0 Å². The Kier molecular flexibility index (Phi) is 8.52. The first kappa shape index (κ1) is 24.5. The highest BCUT2D eigenvalue weighted by atomic mass is 32.1. The number of benzene rings is 3. The van der Waals surface area contributed by atoms with Crippen LogP contribution >= 0.6 is 11.3 Å². The van der Waals surface area contributed by atoms with Crippen molar-refractivity contribution < 1.29 is 9.53 Å². The number of unbranched alkanes of at least 4 members (excludes halogenated alkanes) is 3. The molecule has 0 aliphatic rings. The van der Waals surface area contributed by atoms with Gasteiger partial charge in [-0.25, -0.2) is 4.98 Å². The zero-order valence-corrected chi connectivity index (χ0v) is 21.0. The van der Waals surface area contributed by atoms with Crippen molar-refractivity contribution in [3.05, 3.63) is 89.3 Å². The normalized spacial score (nSPS) is 10.7. The number of ether oxygens (including phenoxy) is 1. The molecular formula is C29H31N3O2S. The zero-order chi connectivity index (χ0) is 24.5. The summed E-state index contributed by atoms with van der Waals surface area (Å²) in [6, 6.07) is 23.4. The average Bonchev–Trinajstić information content (AvgIpc) is 3.36. The van der Waals surface area contributed by atoms with E-state index in [-0.39, 0.29) is 5.91 Å². The number of methoxy groups -OCH3 is 1. The number of anilines is 3. The molecule has 0 fully saturated rings. The Morgan fingerprint density at radius 1 is 0.943 bits per heavy atom. The molecule has 6 heteroatoms. The first-order valence-electron chi connectivity index (χ1n) is 12.0. The molecule has 4 aromatic rings. The lowest BCUT2D eigenvalue weighted by Crippen LogP contribution is -2.11. The van der Waals surface area contributed by atoms with Gasteiger partial charge < -0.3 is 15.4 Å². The van der Waals surface area contributed by atoms with Crippen LogP contribution < -0.4 is 15.4 Å². The van der Waals surface area contributed by atoms with Gasteiger partial charge in [0, 0.05) is 22.2 Å². The Morgan fingerprint density at radius 3 is 2.46 bits per heavy atom. The molecule has 0 atom stereocenters. The molecule has 0 aliphatic carbocycles. The van der Waals surface area contributed by atoms with Crippen molar-refractivity contribution in [1.82, 2.24) is 4.98 Å². The third-order valence-electron chi connectivity index (χ3n) is 5.83. The van der Waals surface area contributed by atoms with E-state index in [0.717, 1.165) is 39.9 Å². The van der Waals surface area contributed by atoms with Crippen molar-refractivity contribution in [2.75, 3.05) is 17.7 Å². The number of rotatable bonds is 11. The van der Waals surface area contributed by atoms with Gasteiger partial charge in [0.2, 0.25) is 0 Å². The summed E-state index contributed by atoms with van der Waals surface area (Å²) in [5.41, 5.74) is 5.44. The minimum Gasteiger partial charge on any atom is -0.495 e. The molecule has 35 heavy (non-hydrogen) atoms. The third-order valence-corrected chi connectivity index (χ3v) is 6.58. The van der Waals surface area contributed by atoms with Gasteiger partial charge in [0.05, 0.1) is 18.5 Å². The van der Waals surface area contributed by atoms with Crippen molar-refractivity contribution >= 4 is 33.8 Å². The van der Waals surface area contributed by atoms with Gasteiger partial charge in [-0.3, -0.25) is 4.79 Å². The monoisotopic (exact) mass is 485 g/mol. The molecule has 0 saturated heterocycles. The summed E-state index contributed by atoms with van der Waals surface area (Å²) in [4.78, 5) is 17.4. The Bertz CT molecular complexity index is 1230. The fourth-order valence-electron chi connectivity index (χ4n) is 3.83. The van der Waals surface area contributed by atoms with E-state index in [1.165, 1.54) is 42.6 Å². The van der Waals surface area contributed by atoms with E-state index in [9.17, 15) is 4.79 Å². The number of carbonyl (C=O) groups excluding carboxylic acids is 1. The van der Waals surface area contributed by atoms with Crippen LogP contribution in [0.15, 0.2) is 78.2 Å². The number of amides is 1. The van der Waals surface area contributed by atoms with E-state index < -0.39 is 0 Å². The van der Waals surface area contributed by atoms with Crippen LogP contribution in [0, 0.1) is 0 Å². The average molecular weight is 486 g/mol. The molecule has 0 aliphatic heterocycles. The van der Waals surface area contributed by atoms with Crippen LogP contribution in [-0.4, -0.2) is 18.0 Å². The Balaban J connectivity index is 1.34. The summed E-state index contributed by atoms with van der Waals surface area (Å²) in [7, 11) is 1.65. The summed E-state index contributed by atoms with van der Waals surface area (Å²) in [5, 5.41) is 9.10. The summed E-state index contributed by atoms with van der Waals surface area (Å²) < 4.78 is 5.39. The fourth-order valence-corrected chi connectivity index (χ4v) is 4.57. The molecule has 0 radical (unpaired) electrons. The minimum absolute atomic E-state index is 0.104. The third kappa shape index (κ3) is 6.70. The fraction of sp³-hybridized carbons (Fsp3) is 0.241. The maximum Gasteiger partial charge on any atom is 0.255 e. The molecule has 180 valence electrons. The van der Waals surface area contributed by atoms with E-state index in [1.807, 2.05) is 66.0 Å². The van der Waals surface area contributed by atoms with Crippen LogP contribution in [0.5, 0.6) is 5.75 Å². The van der Waals surface area contributed by atoms with Gasteiger partial charge in [0.25, 0.3) is 5.91 Å². The molecule has 2 N–H and O–H groups in total. The van der Waals surface area contributed by atoms with Gasteiger partial charge in [-0.05, 0) is 54.8 Å². The zero-order valence-electron chi connectivity index (χ0n) is 20.2. The molecular weight excluding hydrogens is 454 g/mol. The summed E-state index contributed by atoms with van der Waals surface area (Å²) in [6.45, 7) is 2.22. The molecule has 1 aromatic heterocycles. The van der Waals surface area contributed by atoms with Crippen LogP contribution in [-0.2, 0) is 6.42 Å². The lowest BCUT2D eigenvalue weighted by Gasteiger charge is -2.08. The summed E-state index contributed by atoms with van der Waals surface area (Å²) in [6.07, 6.45) is 6.04. The van der Waals surface area contributed by atoms with Crippen molar-refractivity contribution in [2.24, 2.45) is 0 Å². The van der Waals surface area contributed by atoms with Crippen LogP contribution in [0.3, 0.4) is 0 Å². The number of nitrogens with one attached hydrogen (secondary N) is 2. The predicted molar refractivity (Wildman–Crippen MR) is 146 cm³/mol. The molecule has 4 rings (SSSR count).